The zero-order valence-electron chi connectivity index (χ0n) is 3.32. The molecule has 0 aromatic carbocycles. The molecule has 0 amide bonds. The summed E-state index contributed by atoms with van der Waals surface area (Å²) in [6.07, 6.45) is 0. The van der Waals surface area contributed by atoms with E-state index in [9.17, 15) is 4.79 Å². The normalized spacial score (nSPS) is 5.67. The van der Waals surface area contributed by atoms with Crippen LogP contribution in [0.1, 0.15) is 6.92 Å². The Hall–Kier alpha value is 0.0674. The minimum absolute atomic E-state index is 0. The van der Waals surface area contributed by atoms with Gasteiger partial charge >= 0.3 is 24.8 Å². The van der Waals surface area contributed by atoms with Crippen molar-refractivity contribution in [1.29, 1.82) is 0 Å². The topological polar surface area (TPSA) is 26.3 Å². The standard InChI is InChI=1S/C3H6O2.Li.H/c1-3(4)5-2;;/h1-2H3;;. The van der Waals surface area contributed by atoms with E-state index in [0.29, 0.717) is 0 Å². The molecule has 0 aromatic rings. The zero-order chi connectivity index (χ0) is 4.28. The number of methoxy groups -OCH3 is 1. The van der Waals surface area contributed by atoms with Crippen molar-refractivity contribution in [2.45, 2.75) is 6.92 Å². The van der Waals surface area contributed by atoms with Gasteiger partial charge in [-0.05, 0) is 0 Å². The second-order valence-corrected chi connectivity index (χ2v) is 0.696. The molecular weight excluding hydrogens is 75.0 g/mol. The molecule has 0 saturated carbocycles. The number of hydrogen-bond acceptors (Lipinski definition) is 2. The van der Waals surface area contributed by atoms with Crippen molar-refractivity contribution in [2.75, 3.05) is 7.11 Å². The molecule has 0 atom stereocenters. The van der Waals surface area contributed by atoms with Gasteiger partial charge in [-0.15, -0.1) is 0 Å². The average molecular weight is 82.0 g/mol. The van der Waals surface area contributed by atoms with Gasteiger partial charge in [-0.25, -0.2) is 0 Å². The molecule has 0 aliphatic heterocycles. The Morgan fingerprint density at radius 3 is 1.83 bits per heavy atom. The van der Waals surface area contributed by atoms with Gasteiger partial charge in [0, 0.05) is 6.92 Å². The van der Waals surface area contributed by atoms with Gasteiger partial charge in [-0.2, -0.15) is 0 Å². The van der Waals surface area contributed by atoms with Crippen LogP contribution in [0.5, 0.6) is 0 Å². The van der Waals surface area contributed by atoms with Gasteiger partial charge in [-0.1, -0.05) is 0 Å². The number of esters is 1. The summed E-state index contributed by atoms with van der Waals surface area (Å²) in [5.41, 5.74) is 0. The van der Waals surface area contributed by atoms with Gasteiger partial charge in [-0.3, -0.25) is 4.79 Å². The second kappa shape index (κ2) is 5.07. The summed E-state index contributed by atoms with van der Waals surface area (Å²) in [5, 5.41) is 0. The molecule has 2 nitrogen and oxygen atoms in total. The second-order valence-electron chi connectivity index (χ2n) is 0.696. The summed E-state index contributed by atoms with van der Waals surface area (Å²) in [4.78, 5) is 9.59. The Kier molecular flexibility index (Phi) is 7.95. The molecule has 0 unspecified atom stereocenters. The van der Waals surface area contributed by atoms with Crippen LogP contribution in [-0.4, -0.2) is 31.9 Å². The zero-order valence-corrected chi connectivity index (χ0v) is 3.32. The molecule has 0 radical (unpaired) electrons. The first kappa shape index (κ1) is 9.42. The molecule has 0 aromatic heterocycles. The minimum atomic E-state index is -0.245. The van der Waals surface area contributed by atoms with E-state index < -0.39 is 0 Å². The van der Waals surface area contributed by atoms with Crippen LogP contribution in [0.3, 0.4) is 0 Å². The summed E-state index contributed by atoms with van der Waals surface area (Å²) >= 11 is 0. The fourth-order valence-corrected chi connectivity index (χ4v) is 0. The van der Waals surface area contributed by atoms with E-state index in [2.05, 4.69) is 4.74 Å². The molecule has 0 bridgehead atoms. The van der Waals surface area contributed by atoms with Crippen molar-refractivity contribution >= 4 is 24.8 Å². The monoisotopic (exact) mass is 82.1 g/mol. The van der Waals surface area contributed by atoms with Gasteiger partial charge < -0.3 is 4.74 Å². The van der Waals surface area contributed by atoms with Crippen molar-refractivity contribution in [3.05, 3.63) is 0 Å². The Balaban J connectivity index is 0. The molecule has 0 saturated heterocycles. The van der Waals surface area contributed by atoms with Crippen molar-refractivity contribution in [3.8, 4) is 0 Å². The Morgan fingerprint density at radius 2 is 1.83 bits per heavy atom. The number of hydrogen-bond donors (Lipinski definition) is 0. The van der Waals surface area contributed by atoms with Crippen LogP contribution < -0.4 is 0 Å². The van der Waals surface area contributed by atoms with E-state index in [4.69, 9.17) is 0 Å². The van der Waals surface area contributed by atoms with Gasteiger partial charge in [0.2, 0.25) is 0 Å². The van der Waals surface area contributed by atoms with Crippen molar-refractivity contribution < 1.29 is 9.53 Å². The molecule has 0 spiro atoms. The molecule has 0 N–H and O–H groups in total. The predicted molar refractivity (Wildman–Crippen MR) is 24.8 cm³/mol. The first-order valence-electron chi connectivity index (χ1n) is 1.32. The first-order valence-corrected chi connectivity index (χ1v) is 1.32. The van der Waals surface area contributed by atoms with E-state index in [1.807, 2.05) is 0 Å². The van der Waals surface area contributed by atoms with E-state index >= 15 is 0 Å². The summed E-state index contributed by atoms with van der Waals surface area (Å²) in [6, 6.07) is 0. The maximum absolute atomic E-state index is 9.59. The van der Waals surface area contributed by atoms with E-state index in [-0.39, 0.29) is 24.8 Å². The Labute approximate surface area is 49.0 Å². The fourth-order valence-electron chi connectivity index (χ4n) is 0. The van der Waals surface area contributed by atoms with Crippen molar-refractivity contribution in [2.24, 2.45) is 0 Å². The predicted octanol–water partition coefficient (Wildman–Crippen LogP) is -0.469. The van der Waals surface area contributed by atoms with Crippen molar-refractivity contribution in [3.63, 3.8) is 0 Å². The molecule has 32 valence electrons. The maximum atomic E-state index is 9.59. The van der Waals surface area contributed by atoms with Gasteiger partial charge in [0.1, 0.15) is 0 Å². The number of carbonyl (C=O) groups is 1. The van der Waals surface area contributed by atoms with Crippen LogP contribution in [0.4, 0.5) is 0 Å². The third-order valence-electron chi connectivity index (χ3n) is 0.287. The number of ether oxygens (including phenoxy) is 1. The SMILES string of the molecule is COC(C)=O.[LiH]. The third-order valence-corrected chi connectivity index (χ3v) is 0.287. The third kappa shape index (κ3) is 8.95. The number of rotatable bonds is 0. The molecule has 0 aliphatic rings. The van der Waals surface area contributed by atoms with Crippen LogP contribution >= 0.6 is 0 Å². The van der Waals surface area contributed by atoms with Crippen LogP contribution in [-0.2, 0) is 9.53 Å². The number of carbonyl (C=O) groups excluding carboxylic acids is 1. The van der Waals surface area contributed by atoms with E-state index in [1.165, 1.54) is 14.0 Å². The summed E-state index contributed by atoms with van der Waals surface area (Å²) < 4.78 is 4.11. The van der Waals surface area contributed by atoms with Crippen LogP contribution in [0.2, 0.25) is 0 Å². The summed E-state index contributed by atoms with van der Waals surface area (Å²) in [7, 11) is 1.35. The molecule has 0 aliphatic carbocycles. The molecule has 6 heavy (non-hydrogen) atoms. The molecular formula is C3H7LiO2. The van der Waals surface area contributed by atoms with Crippen molar-refractivity contribution in [1.82, 2.24) is 0 Å². The van der Waals surface area contributed by atoms with Gasteiger partial charge in [0.25, 0.3) is 0 Å². The summed E-state index contributed by atoms with van der Waals surface area (Å²) in [5.74, 6) is -0.245. The molecule has 0 heterocycles. The quantitative estimate of drug-likeness (QED) is 0.291. The Morgan fingerprint density at radius 1 is 1.67 bits per heavy atom. The van der Waals surface area contributed by atoms with Crippen LogP contribution in [0.25, 0.3) is 0 Å². The van der Waals surface area contributed by atoms with E-state index in [0.717, 1.165) is 0 Å². The van der Waals surface area contributed by atoms with E-state index in [1.54, 1.807) is 0 Å². The van der Waals surface area contributed by atoms with Crippen LogP contribution in [0.15, 0.2) is 0 Å². The molecule has 0 rings (SSSR count). The first-order chi connectivity index (χ1) is 2.27. The molecule has 0 fully saturated rings. The van der Waals surface area contributed by atoms with Crippen LogP contribution in [0, 0.1) is 0 Å². The van der Waals surface area contributed by atoms with Gasteiger partial charge in [0.05, 0.1) is 7.11 Å². The average Bonchev–Trinajstić information content (AvgIpc) is 1.38. The Bertz CT molecular complexity index is 44.1. The fraction of sp³-hybridized carbons (Fsp3) is 0.667. The van der Waals surface area contributed by atoms with Gasteiger partial charge in [0.15, 0.2) is 0 Å². The molecule has 3 heteroatoms. The summed E-state index contributed by atoms with van der Waals surface area (Å²) in [6.45, 7) is 1.36.